The van der Waals surface area contributed by atoms with Gasteiger partial charge in [0, 0.05) is 12.1 Å². The van der Waals surface area contributed by atoms with Gasteiger partial charge in [0.2, 0.25) is 0 Å². The number of halogens is 2. The van der Waals surface area contributed by atoms with Crippen molar-refractivity contribution in [1.29, 1.82) is 0 Å². The molecule has 0 radical (unpaired) electrons. The maximum Gasteiger partial charge on any atom is 0.156 e. The number of hydrogen-bond acceptors (Lipinski definition) is 2. The molecule has 0 bridgehead atoms. The molecule has 1 aliphatic rings. The second kappa shape index (κ2) is 3.98. The van der Waals surface area contributed by atoms with E-state index in [1.165, 1.54) is 12.1 Å². The lowest BCUT2D eigenvalue weighted by atomic mass is 10.0. The van der Waals surface area contributed by atoms with E-state index in [2.05, 4.69) is 5.32 Å². The first-order valence-corrected chi connectivity index (χ1v) is 4.83. The highest BCUT2D eigenvalue weighted by Gasteiger charge is 2.14. The molecule has 1 aromatic rings. The van der Waals surface area contributed by atoms with E-state index in [0.29, 0.717) is 12.1 Å². The highest BCUT2D eigenvalue weighted by molar-refractivity contribution is 5.71. The molecule has 80 valence electrons. The number of anilines is 1. The van der Waals surface area contributed by atoms with E-state index < -0.39 is 17.3 Å². The number of benzene rings is 1. The van der Waals surface area contributed by atoms with Crippen LogP contribution < -0.4 is 11.1 Å². The Morgan fingerprint density at radius 3 is 2.73 bits per heavy atom. The standard InChI is InChI=1S/C11H12F2N2/c12-9-4-3-8(10(13)11(9)14)7-2-1-5-15-6-7/h2-4,15H,1,5-6,14H2. The first-order valence-electron chi connectivity index (χ1n) is 4.83. The molecule has 0 atom stereocenters. The molecule has 0 aliphatic carbocycles. The van der Waals surface area contributed by atoms with Gasteiger partial charge in [0.05, 0.1) is 0 Å². The monoisotopic (exact) mass is 210 g/mol. The Hall–Kier alpha value is -1.42. The normalized spacial score (nSPS) is 16.3. The van der Waals surface area contributed by atoms with Gasteiger partial charge in [-0.1, -0.05) is 6.08 Å². The highest BCUT2D eigenvalue weighted by Crippen LogP contribution is 2.25. The van der Waals surface area contributed by atoms with Gasteiger partial charge < -0.3 is 11.1 Å². The summed E-state index contributed by atoms with van der Waals surface area (Å²) in [5, 5.41) is 3.13. The van der Waals surface area contributed by atoms with E-state index in [1.807, 2.05) is 6.08 Å². The fourth-order valence-corrected chi connectivity index (χ4v) is 1.67. The number of hydrogen-bond donors (Lipinski definition) is 2. The van der Waals surface area contributed by atoms with Crippen LogP contribution in [-0.2, 0) is 0 Å². The van der Waals surface area contributed by atoms with Crippen molar-refractivity contribution in [1.82, 2.24) is 5.32 Å². The summed E-state index contributed by atoms with van der Waals surface area (Å²) in [4.78, 5) is 0. The third-order valence-corrected chi connectivity index (χ3v) is 2.50. The molecule has 15 heavy (non-hydrogen) atoms. The van der Waals surface area contributed by atoms with E-state index >= 15 is 0 Å². The number of nitrogens with one attached hydrogen (secondary N) is 1. The van der Waals surface area contributed by atoms with Crippen LogP contribution in [0.1, 0.15) is 12.0 Å². The molecule has 3 N–H and O–H groups in total. The van der Waals surface area contributed by atoms with Crippen LogP contribution >= 0.6 is 0 Å². The van der Waals surface area contributed by atoms with E-state index in [4.69, 9.17) is 5.73 Å². The van der Waals surface area contributed by atoms with Gasteiger partial charge in [0.25, 0.3) is 0 Å². The molecule has 0 spiro atoms. The average Bonchev–Trinajstić information content (AvgIpc) is 2.27. The van der Waals surface area contributed by atoms with Gasteiger partial charge in [-0.25, -0.2) is 8.78 Å². The Balaban J connectivity index is 2.44. The summed E-state index contributed by atoms with van der Waals surface area (Å²) in [6.45, 7) is 1.49. The second-order valence-corrected chi connectivity index (χ2v) is 3.52. The van der Waals surface area contributed by atoms with Crippen LogP contribution in [0.15, 0.2) is 18.2 Å². The van der Waals surface area contributed by atoms with Crippen LogP contribution in [0.25, 0.3) is 5.57 Å². The van der Waals surface area contributed by atoms with E-state index in [0.717, 1.165) is 18.5 Å². The minimum absolute atomic E-state index is 0.390. The lowest BCUT2D eigenvalue weighted by molar-refractivity contribution is 0.588. The summed E-state index contributed by atoms with van der Waals surface area (Å²) in [7, 11) is 0. The zero-order valence-electron chi connectivity index (χ0n) is 8.19. The maximum atomic E-state index is 13.6. The molecule has 1 aromatic carbocycles. The lowest BCUT2D eigenvalue weighted by Crippen LogP contribution is -2.22. The molecule has 2 nitrogen and oxygen atoms in total. The summed E-state index contributed by atoms with van der Waals surface area (Å²) in [6.07, 6.45) is 2.80. The minimum Gasteiger partial charge on any atom is -0.394 e. The number of nitrogens with two attached hydrogens (primary N) is 1. The smallest absolute Gasteiger partial charge is 0.156 e. The van der Waals surface area contributed by atoms with Crippen LogP contribution in [0, 0.1) is 11.6 Å². The van der Waals surface area contributed by atoms with Crippen molar-refractivity contribution < 1.29 is 8.78 Å². The predicted octanol–water partition coefficient (Wildman–Crippen LogP) is 1.92. The molecule has 0 fully saturated rings. The lowest BCUT2D eigenvalue weighted by Gasteiger charge is -2.15. The molecule has 0 saturated carbocycles. The van der Waals surface area contributed by atoms with Crippen LogP contribution in [0.5, 0.6) is 0 Å². The van der Waals surface area contributed by atoms with Gasteiger partial charge in [-0.2, -0.15) is 0 Å². The summed E-state index contributed by atoms with van der Waals surface area (Å²) < 4.78 is 26.5. The Bertz CT molecular complexity index is 413. The molecule has 0 aromatic heterocycles. The number of nitrogen functional groups attached to an aromatic ring is 1. The molecule has 0 amide bonds. The van der Waals surface area contributed by atoms with Gasteiger partial charge in [0.1, 0.15) is 11.5 Å². The molecular weight excluding hydrogens is 198 g/mol. The van der Waals surface area contributed by atoms with E-state index in [1.54, 1.807) is 0 Å². The molecule has 2 rings (SSSR count). The van der Waals surface area contributed by atoms with E-state index in [9.17, 15) is 8.78 Å². The van der Waals surface area contributed by atoms with Crippen molar-refractivity contribution in [3.05, 3.63) is 35.4 Å². The summed E-state index contributed by atoms with van der Waals surface area (Å²) in [6, 6.07) is 2.63. The number of rotatable bonds is 1. The van der Waals surface area contributed by atoms with Gasteiger partial charge in [-0.15, -0.1) is 0 Å². The maximum absolute atomic E-state index is 13.6. The van der Waals surface area contributed by atoms with Gasteiger partial charge in [-0.05, 0) is 30.7 Å². The van der Waals surface area contributed by atoms with Crippen molar-refractivity contribution in [2.45, 2.75) is 6.42 Å². The zero-order chi connectivity index (χ0) is 10.8. The van der Waals surface area contributed by atoms with Crippen molar-refractivity contribution in [2.75, 3.05) is 18.8 Å². The highest BCUT2D eigenvalue weighted by atomic mass is 19.1. The van der Waals surface area contributed by atoms with Crippen LogP contribution in [0.3, 0.4) is 0 Å². The summed E-state index contributed by atoms with van der Waals surface area (Å²) in [5.41, 5.74) is 6.12. The van der Waals surface area contributed by atoms with Crippen molar-refractivity contribution in [3.8, 4) is 0 Å². The fourth-order valence-electron chi connectivity index (χ4n) is 1.67. The minimum atomic E-state index is -0.708. The van der Waals surface area contributed by atoms with E-state index in [-0.39, 0.29) is 0 Å². The topological polar surface area (TPSA) is 38.0 Å². The first-order chi connectivity index (χ1) is 7.20. The van der Waals surface area contributed by atoms with Gasteiger partial charge in [0.15, 0.2) is 5.82 Å². The van der Waals surface area contributed by atoms with Crippen molar-refractivity contribution in [3.63, 3.8) is 0 Å². The fraction of sp³-hybridized carbons (Fsp3) is 0.273. The molecule has 0 unspecified atom stereocenters. The van der Waals surface area contributed by atoms with Gasteiger partial charge in [-0.3, -0.25) is 0 Å². The average molecular weight is 210 g/mol. The first kappa shape index (κ1) is 10.1. The molecular formula is C11H12F2N2. The van der Waals surface area contributed by atoms with Crippen LogP contribution in [0.2, 0.25) is 0 Å². The van der Waals surface area contributed by atoms with Crippen LogP contribution in [-0.4, -0.2) is 13.1 Å². The summed E-state index contributed by atoms with van der Waals surface area (Å²) >= 11 is 0. The quantitative estimate of drug-likeness (QED) is 0.695. The second-order valence-electron chi connectivity index (χ2n) is 3.52. The summed E-state index contributed by atoms with van der Waals surface area (Å²) in [5.74, 6) is -1.37. The predicted molar refractivity (Wildman–Crippen MR) is 56.2 cm³/mol. The zero-order valence-corrected chi connectivity index (χ0v) is 8.19. The molecule has 1 aliphatic heterocycles. The largest absolute Gasteiger partial charge is 0.394 e. The van der Waals surface area contributed by atoms with Gasteiger partial charge >= 0.3 is 0 Å². The van der Waals surface area contributed by atoms with Crippen LogP contribution in [0.4, 0.5) is 14.5 Å². The third kappa shape index (κ3) is 1.85. The Morgan fingerprint density at radius 2 is 2.07 bits per heavy atom. The van der Waals surface area contributed by atoms with Crippen molar-refractivity contribution >= 4 is 11.3 Å². The Morgan fingerprint density at radius 1 is 1.27 bits per heavy atom. The Kier molecular flexibility index (Phi) is 2.68. The SMILES string of the molecule is Nc1c(F)ccc(C2=CCCNC2)c1F. The third-order valence-electron chi connectivity index (χ3n) is 2.50. The Labute approximate surface area is 86.8 Å². The molecule has 1 heterocycles. The molecule has 0 saturated heterocycles. The van der Waals surface area contributed by atoms with Crippen molar-refractivity contribution in [2.24, 2.45) is 0 Å². The molecule has 4 heteroatoms.